The maximum atomic E-state index is 13.5. The van der Waals surface area contributed by atoms with Crippen LogP contribution in [-0.2, 0) is 11.3 Å². The lowest BCUT2D eigenvalue weighted by Gasteiger charge is -2.23. The van der Waals surface area contributed by atoms with Crippen molar-refractivity contribution in [2.24, 2.45) is 5.10 Å². The zero-order chi connectivity index (χ0) is 23.8. The Bertz CT molecular complexity index is 1460. The van der Waals surface area contributed by atoms with Crippen LogP contribution in [-0.4, -0.2) is 35.4 Å². The fourth-order valence-electron chi connectivity index (χ4n) is 4.05. The molecule has 10 heteroatoms. The van der Waals surface area contributed by atoms with Gasteiger partial charge in [-0.25, -0.2) is 9.80 Å². The van der Waals surface area contributed by atoms with E-state index < -0.39 is 5.76 Å². The summed E-state index contributed by atoms with van der Waals surface area (Å²) >= 11 is 7.57. The minimum atomic E-state index is -0.630. The highest BCUT2D eigenvalue weighted by atomic mass is 35.5. The molecule has 1 aliphatic heterocycles. The quantitative estimate of drug-likeness (QED) is 0.385. The van der Waals surface area contributed by atoms with Gasteiger partial charge in [0.2, 0.25) is 0 Å². The van der Waals surface area contributed by atoms with Gasteiger partial charge in [0.1, 0.15) is 6.54 Å². The number of hydrazone groups is 1. The Balaban J connectivity index is 1.52. The highest BCUT2D eigenvalue weighted by Gasteiger charge is 2.34. The maximum Gasteiger partial charge on any atom is 0.420 e. The lowest BCUT2D eigenvalue weighted by Crippen LogP contribution is -2.32. The molecule has 0 spiro atoms. The molecule has 5 rings (SSSR count). The van der Waals surface area contributed by atoms with E-state index in [1.165, 1.54) is 9.58 Å². The van der Waals surface area contributed by atoms with Gasteiger partial charge in [-0.05, 0) is 41.3 Å². The molecule has 174 valence electrons. The number of hydrogen-bond donors (Lipinski definition) is 0. The molecule has 8 nitrogen and oxygen atoms in total. The first kappa shape index (κ1) is 22.2. The highest BCUT2D eigenvalue weighted by Crippen LogP contribution is 2.38. The van der Waals surface area contributed by atoms with Crippen LogP contribution in [0.4, 0.5) is 0 Å². The number of carbonyl (C=O) groups excluding carboxylic acids is 1. The molecule has 3 heterocycles. The van der Waals surface area contributed by atoms with E-state index in [0.29, 0.717) is 34.0 Å². The summed E-state index contributed by atoms with van der Waals surface area (Å²) in [4.78, 5) is 27.0. The van der Waals surface area contributed by atoms with Crippen molar-refractivity contribution in [3.8, 4) is 11.5 Å². The largest absolute Gasteiger partial charge is 0.493 e. The first-order valence-electron chi connectivity index (χ1n) is 10.4. The zero-order valence-corrected chi connectivity index (χ0v) is 19.9. The molecular weight excluding hydrogens is 478 g/mol. The van der Waals surface area contributed by atoms with Crippen LogP contribution in [0.1, 0.15) is 22.9 Å². The summed E-state index contributed by atoms with van der Waals surface area (Å²) in [6.45, 7) is -0.224. The number of ether oxygens (including phenoxy) is 2. The lowest BCUT2D eigenvalue weighted by molar-refractivity contribution is -0.133. The molecule has 0 unspecified atom stereocenters. The van der Waals surface area contributed by atoms with Crippen molar-refractivity contribution < 1.29 is 18.7 Å². The lowest BCUT2D eigenvalue weighted by atomic mass is 10.0. The monoisotopic (exact) mass is 497 g/mol. The normalized spacial score (nSPS) is 15.6. The number of thiophene rings is 1. The number of hydrogen-bond acceptors (Lipinski definition) is 7. The molecule has 1 aliphatic rings. The van der Waals surface area contributed by atoms with Gasteiger partial charge >= 0.3 is 5.76 Å². The second kappa shape index (κ2) is 9.00. The molecule has 0 bridgehead atoms. The Hall–Kier alpha value is -3.56. The van der Waals surface area contributed by atoms with E-state index in [1.54, 1.807) is 49.8 Å². The average molecular weight is 498 g/mol. The second-order valence-corrected chi connectivity index (χ2v) is 9.05. The summed E-state index contributed by atoms with van der Waals surface area (Å²) in [6, 6.07) is 13.9. The predicted molar refractivity (Wildman–Crippen MR) is 130 cm³/mol. The van der Waals surface area contributed by atoms with Gasteiger partial charge in [-0.2, -0.15) is 5.10 Å². The molecule has 1 atom stereocenters. The number of nitrogens with zero attached hydrogens (tertiary/aromatic N) is 3. The minimum absolute atomic E-state index is 0.224. The molecule has 2 aromatic heterocycles. The topological polar surface area (TPSA) is 86.3 Å². The van der Waals surface area contributed by atoms with Gasteiger partial charge in [-0.3, -0.25) is 9.36 Å². The molecule has 4 aromatic rings. The first-order chi connectivity index (χ1) is 16.5. The van der Waals surface area contributed by atoms with Gasteiger partial charge in [0.05, 0.1) is 36.4 Å². The molecule has 0 saturated heterocycles. The van der Waals surface area contributed by atoms with Gasteiger partial charge in [0, 0.05) is 17.5 Å². The first-order valence-corrected chi connectivity index (χ1v) is 11.7. The van der Waals surface area contributed by atoms with E-state index in [-0.39, 0.29) is 18.5 Å². The van der Waals surface area contributed by atoms with Crippen LogP contribution in [0.15, 0.2) is 68.2 Å². The molecule has 34 heavy (non-hydrogen) atoms. The van der Waals surface area contributed by atoms with Crippen molar-refractivity contribution in [3.63, 3.8) is 0 Å². The number of fused-ring (bicyclic) bond motifs is 1. The second-order valence-electron chi connectivity index (χ2n) is 7.66. The van der Waals surface area contributed by atoms with E-state index in [0.717, 1.165) is 16.2 Å². The number of amides is 1. The van der Waals surface area contributed by atoms with Gasteiger partial charge in [-0.15, -0.1) is 11.3 Å². The van der Waals surface area contributed by atoms with Crippen LogP contribution in [0, 0.1) is 0 Å². The molecule has 0 N–H and O–H groups in total. The van der Waals surface area contributed by atoms with Crippen LogP contribution in [0.3, 0.4) is 0 Å². The van der Waals surface area contributed by atoms with E-state index in [9.17, 15) is 9.59 Å². The molecule has 0 radical (unpaired) electrons. The van der Waals surface area contributed by atoms with Crippen molar-refractivity contribution in [1.29, 1.82) is 0 Å². The highest BCUT2D eigenvalue weighted by molar-refractivity contribution is 7.12. The van der Waals surface area contributed by atoms with Crippen molar-refractivity contribution >= 4 is 45.7 Å². The zero-order valence-electron chi connectivity index (χ0n) is 18.4. The number of oxazole rings is 1. The Morgan fingerprint density at radius 2 is 2.00 bits per heavy atom. The molecular formula is C24H20ClN3O5S. The van der Waals surface area contributed by atoms with E-state index in [4.69, 9.17) is 25.5 Å². The van der Waals surface area contributed by atoms with E-state index in [1.807, 2.05) is 29.6 Å². The van der Waals surface area contributed by atoms with Crippen LogP contribution in [0.5, 0.6) is 11.5 Å². The molecule has 1 amide bonds. The molecule has 0 aliphatic carbocycles. The maximum absolute atomic E-state index is 13.5. The Morgan fingerprint density at radius 3 is 2.74 bits per heavy atom. The minimum Gasteiger partial charge on any atom is -0.493 e. The standard InChI is InChI=1S/C24H20ClN3O5S/c1-31-19-8-5-14(10-21(19)32-2)18-12-16(22-4-3-9-34-22)26-28(18)23(29)13-27-17-7-6-15(25)11-20(17)33-24(27)30/h3-11,18H,12-13H2,1-2H3/t18-/m1/s1. The summed E-state index contributed by atoms with van der Waals surface area (Å²) in [5, 5.41) is 8.52. The summed E-state index contributed by atoms with van der Waals surface area (Å²) in [7, 11) is 3.14. The number of rotatable bonds is 6. The van der Waals surface area contributed by atoms with E-state index >= 15 is 0 Å². The van der Waals surface area contributed by atoms with Crippen molar-refractivity contribution in [2.45, 2.75) is 19.0 Å². The van der Waals surface area contributed by atoms with Gasteiger partial charge in [0.15, 0.2) is 17.1 Å². The molecule has 0 fully saturated rings. The van der Waals surface area contributed by atoms with Crippen molar-refractivity contribution in [3.05, 3.63) is 79.9 Å². The third-order valence-corrected chi connectivity index (χ3v) is 6.84. The molecule has 2 aromatic carbocycles. The summed E-state index contributed by atoms with van der Waals surface area (Å²) < 4.78 is 17.4. The Labute approximate surface area is 203 Å². The number of carbonyl (C=O) groups is 1. The number of benzene rings is 2. The van der Waals surface area contributed by atoms with Crippen molar-refractivity contribution in [2.75, 3.05) is 14.2 Å². The van der Waals surface area contributed by atoms with Crippen molar-refractivity contribution in [1.82, 2.24) is 9.58 Å². The van der Waals surface area contributed by atoms with Crippen LogP contribution >= 0.6 is 22.9 Å². The van der Waals surface area contributed by atoms with Crippen LogP contribution in [0.2, 0.25) is 5.02 Å². The fourth-order valence-corrected chi connectivity index (χ4v) is 4.93. The Kier molecular flexibility index (Phi) is 5.89. The average Bonchev–Trinajstić information content (AvgIpc) is 3.57. The number of methoxy groups -OCH3 is 2. The van der Waals surface area contributed by atoms with Gasteiger partial charge < -0.3 is 13.9 Å². The van der Waals surface area contributed by atoms with Crippen LogP contribution in [0.25, 0.3) is 11.1 Å². The summed E-state index contributed by atoms with van der Waals surface area (Å²) in [5.41, 5.74) is 2.47. The Morgan fingerprint density at radius 1 is 1.18 bits per heavy atom. The van der Waals surface area contributed by atoms with Gasteiger partial charge in [-0.1, -0.05) is 23.7 Å². The third kappa shape index (κ3) is 3.97. The van der Waals surface area contributed by atoms with Crippen LogP contribution < -0.4 is 15.2 Å². The fraction of sp³-hybridized carbons (Fsp3) is 0.208. The van der Waals surface area contributed by atoms with E-state index in [2.05, 4.69) is 5.10 Å². The molecule has 0 saturated carbocycles. The summed E-state index contributed by atoms with van der Waals surface area (Å²) in [5.74, 6) is 0.184. The summed E-state index contributed by atoms with van der Waals surface area (Å²) in [6.07, 6.45) is 0.526. The predicted octanol–water partition coefficient (Wildman–Crippen LogP) is 4.70. The van der Waals surface area contributed by atoms with Gasteiger partial charge in [0.25, 0.3) is 5.91 Å². The number of halogens is 1. The third-order valence-electron chi connectivity index (χ3n) is 5.69. The SMILES string of the molecule is COc1ccc([C@H]2CC(c3cccs3)=NN2C(=O)Cn2c(=O)oc3cc(Cl)ccc32)cc1OC. The number of aromatic nitrogens is 1. The smallest absolute Gasteiger partial charge is 0.420 e.